The van der Waals surface area contributed by atoms with Crippen LogP contribution >= 0.6 is 11.8 Å². The van der Waals surface area contributed by atoms with Crippen molar-refractivity contribution in [3.8, 4) is 0 Å². The molecule has 0 bridgehead atoms. The van der Waals surface area contributed by atoms with Crippen LogP contribution in [0.3, 0.4) is 0 Å². The van der Waals surface area contributed by atoms with Crippen molar-refractivity contribution in [3.63, 3.8) is 0 Å². The number of hydrogen-bond acceptors (Lipinski definition) is 7. The molecular weight excluding hydrogens is 366 g/mol. The van der Waals surface area contributed by atoms with Gasteiger partial charge in [0.25, 0.3) is 11.8 Å². The molecule has 138 valence electrons. The van der Waals surface area contributed by atoms with Crippen LogP contribution in [0.15, 0.2) is 17.5 Å². The molecule has 2 aliphatic rings. The number of rotatable bonds is 5. The number of aromatic nitrogens is 2. The first-order valence-corrected chi connectivity index (χ1v) is 8.71. The molecular formula is C14H15N5O6S. The second kappa shape index (κ2) is 6.44. The van der Waals surface area contributed by atoms with Gasteiger partial charge < -0.3 is 10.4 Å². The summed E-state index contributed by atoms with van der Waals surface area (Å²) in [5.41, 5.74) is -0.347. The molecule has 1 aromatic heterocycles. The molecule has 12 heteroatoms. The van der Waals surface area contributed by atoms with Crippen LogP contribution in [0.4, 0.5) is 5.69 Å². The summed E-state index contributed by atoms with van der Waals surface area (Å²) in [4.78, 5) is 47.6. The summed E-state index contributed by atoms with van der Waals surface area (Å²) in [6.07, 6.45) is 1.15. The Morgan fingerprint density at radius 2 is 2.23 bits per heavy atom. The van der Waals surface area contributed by atoms with E-state index in [1.54, 1.807) is 13.8 Å². The maximum Gasteiger partial charge on any atom is 0.352 e. The van der Waals surface area contributed by atoms with Crippen molar-refractivity contribution >= 4 is 35.2 Å². The highest BCUT2D eigenvalue weighted by Gasteiger charge is 2.54. The van der Waals surface area contributed by atoms with E-state index in [4.69, 9.17) is 0 Å². The minimum Gasteiger partial charge on any atom is -0.477 e. The summed E-state index contributed by atoms with van der Waals surface area (Å²) in [6.45, 7) is 3.69. The number of hydrogen-bond donors (Lipinski definition) is 2. The van der Waals surface area contributed by atoms with Crippen LogP contribution in [0.1, 0.15) is 24.3 Å². The number of nitrogens with one attached hydrogen (secondary N) is 1. The van der Waals surface area contributed by atoms with E-state index in [9.17, 15) is 29.6 Å². The van der Waals surface area contributed by atoms with Crippen LogP contribution in [-0.2, 0) is 16.1 Å². The first-order chi connectivity index (χ1) is 12.3. The molecule has 0 saturated carbocycles. The van der Waals surface area contributed by atoms with Gasteiger partial charge in [0.2, 0.25) is 5.69 Å². The molecule has 1 fully saturated rings. The number of aryl methyl sites for hydroxylation is 1. The van der Waals surface area contributed by atoms with Crippen LogP contribution in [0.2, 0.25) is 0 Å². The van der Waals surface area contributed by atoms with Gasteiger partial charge in [0.15, 0.2) is 0 Å². The zero-order valence-corrected chi connectivity index (χ0v) is 14.6. The number of carbonyl (C=O) groups is 3. The predicted molar refractivity (Wildman–Crippen MR) is 89.2 cm³/mol. The molecule has 11 nitrogen and oxygen atoms in total. The summed E-state index contributed by atoms with van der Waals surface area (Å²) in [6, 6.07) is -0.957. The minimum atomic E-state index is -1.21. The molecule has 1 saturated heterocycles. The summed E-state index contributed by atoms with van der Waals surface area (Å²) in [5, 5.41) is 26.1. The molecule has 0 unspecified atom stereocenters. The van der Waals surface area contributed by atoms with Gasteiger partial charge in [-0.1, -0.05) is 0 Å². The van der Waals surface area contributed by atoms with Crippen molar-refractivity contribution in [2.75, 3.05) is 5.75 Å². The second-order valence-electron chi connectivity index (χ2n) is 5.77. The smallest absolute Gasteiger partial charge is 0.352 e. The van der Waals surface area contributed by atoms with Gasteiger partial charge in [0.05, 0.1) is 4.92 Å². The van der Waals surface area contributed by atoms with Gasteiger partial charge in [0.1, 0.15) is 23.3 Å². The number of nitro groups is 1. The number of β-lactam (4-membered cyclic amide) rings is 1. The highest BCUT2D eigenvalue weighted by Crippen LogP contribution is 2.40. The van der Waals surface area contributed by atoms with Crippen LogP contribution < -0.4 is 5.32 Å². The van der Waals surface area contributed by atoms with E-state index < -0.39 is 39.8 Å². The molecule has 0 aliphatic carbocycles. The highest BCUT2D eigenvalue weighted by atomic mass is 32.2. The lowest BCUT2D eigenvalue weighted by molar-refractivity contribution is -0.385. The summed E-state index contributed by atoms with van der Waals surface area (Å²) in [7, 11) is 0. The fraction of sp³-hybridized carbons (Fsp3) is 0.429. The number of carbonyl (C=O) groups excluding carboxylic acids is 2. The summed E-state index contributed by atoms with van der Waals surface area (Å²) in [5.74, 6) is -2.20. The Morgan fingerprint density at radius 3 is 2.81 bits per heavy atom. The molecule has 2 atom stereocenters. The van der Waals surface area contributed by atoms with Gasteiger partial charge in [-0.25, -0.2) is 4.79 Å². The predicted octanol–water partition coefficient (Wildman–Crippen LogP) is 0.183. The molecule has 0 radical (unpaired) electrons. The number of carboxylic acids is 1. The number of thioether (sulfide) groups is 1. The molecule has 1 aromatic rings. The lowest BCUT2D eigenvalue weighted by atomic mass is 10.0. The third-order valence-corrected chi connectivity index (χ3v) is 5.55. The number of amides is 2. The van der Waals surface area contributed by atoms with Gasteiger partial charge in [0, 0.05) is 12.3 Å². The van der Waals surface area contributed by atoms with Gasteiger partial charge in [-0.3, -0.25) is 29.3 Å². The Morgan fingerprint density at radius 1 is 1.54 bits per heavy atom. The van der Waals surface area contributed by atoms with Crippen molar-refractivity contribution in [2.24, 2.45) is 0 Å². The number of nitrogens with zero attached hydrogens (tertiary/aromatic N) is 4. The monoisotopic (exact) mass is 381 g/mol. The minimum absolute atomic E-state index is 0.0782. The van der Waals surface area contributed by atoms with E-state index in [0.717, 1.165) is 11.1 Å². The van der Waals surface area contributed by atoms with Crippen LogP contribution in [0.25, 0.3) is 0 Å². The zero-order chi connectivity index (χ0) is 19.2. The highest BCUT2D eigenvalue weighted by molar-refractivity contribution is 8.00. The second-order valence-corrected chi connectivity index (χ2v) is 6.88. The van der Waals surface area contributed by atoms with Gasteiger partial charge in [-0.2, -0.15) is 5.10 Å². The third-order valence-electron chi connectivity index (χ3n) is 4.13. The summed E-state index contributed by atoms with van der Waals surface area (Å²) < 4.78 is 1.26. The van der Waals surface area contributed by atoms with Crippen LogP contribution in [0.5, 0.6) is 0 Å². The van der Waals surface area contributed by atoms with E-state index in [-0.39, 0.29) is 11.4 Å². The van der Waals surface area contributed by atoms with E-state index in [1.807, 2.05) is 0 Å². The van der Waals surface area contributed by atoms with Crippen molar-refractivity contribution in [1.29, 1.82) is 0 Å². The van der Waals surface area contributed by atoms with Crippen LogP contribution in [0, 0.1) is 10.1 Å². The van der Waals surface area contributed by atoms with E-state index in [0.29, 0.717) is 17.9 Å². The molecule has 3 heterocycles. The molecule has 0 aromatic carbocycles. The molecule has 26 heavy (non-hydrogen) atoms. The fourth-order valence-corrected chi connectivity index (χ4v) is 4.15. The standard InChI is InChI=1S/C14H15N5O6S/c1-3-17-4-7(19(24)25)8(16-17)11(20)15-9-12(21)18-10(14(22)23)6(2)5-26-13(9)18/h4,9,13H,3,5H2,1-2H3,(H,15,20)(H,22,23)/t9-,13-/m0/s1. The number of carboxylic acid groups (broad SMARTS) is 1. The van der Waals surface area contributed by atoms with Gasteiger partial charge in [-0.15, -0.1) is 11.8 Å². The van der Waals surface area contributed by atoms with Crippen LogP contribution in [-0.4, -0.2) is 59.7 Å². The average Bonchev–Trinajstić information content (AvgIpc) is 3.03. The third kappa shape index (κ3) is 2.71. The Labute approximate surface area is 151 Å². The van der Waals surface area contributed by atoms with E-state index in [1.165, 1.54) is 16.4 Å². The maximum atomic E-state index is 12.4. The lowest BCUT2D eigenvalue weighted by Gasteiger charge is -2.49. The average molecular weight is 381 g/mol. The molecule has 2 N–H and O–H groups in total. The van der Waals surface area contributed by atoms with Crippen molar-refractivity contribution in [3.05, 3.63) is 33.3 Å². The molecule has 2 amide bonds. The Hall–Kier alpha value is -2.89. The largest absolute Gasteiger partial charge is 0.477 e. The first-order valence-electron chi connectivity index (χ1n) is 7.66. The Bertz CT molecular complexity index is 862. The first kappa shape index (κ1) is 17.9. The van der Waals surface area contributed by atoms with Crippen molar-refractivity contribution in [1.82, 2.24) is 20.0 Å². The lowest BCUT2D eigenvalue weighted by Crippen LogP contribution is -2.70. The van der Waals surface area contributed by atoms with Crippen molar-refractivity contribution in [2.45, 2.75) is 31.8 Å². The maximum absolute atomic E-state index is 12.4. The SMILES string of the molecule is CCn1cc([N+](=O)[O-])c(C(=O)N[C@H]2C(=O)N3C(C(=O)O)=C(C)CS[C@@H]23)n1. The van der Waals surface area contributed by atoms with Gasteiger partial charge >= 0.3 is 11.7 Å². The van der Waals surface area contributed by atoms with E-state index >= 15 is 0 Å². The quantitative estimate of drug-likeness (QED) is 0.417. The molecule has 3 rings (SSSR count). The Kier molecular flexibility index (Phi) is 4.44. The number of aliphatic carboxylic acids is 1. The van der Waals surface area contributed by atoms with Crippen molar-refractivity contribution < 1.29 is 24.4 Å². The topological polar surface area (TPSA) is 148 Å². The normalized spacial score (nSPS) is 21.9. The number of fused-ring (bicyclic) bond motifs is 1. The van der Waals surface area contributed by atoms with Gasteiger partial charge in [-0.05, 0) is 19.4 Å². The molecule has 2 aliphatic heterocycles. The zero-order valence-electron chi connectivity index (χ0n) is 13.8. The van der Waals surface area contributed by atoms with E-state index in [2.05, 4.69) is 10.4 Å². The fourth-order valence-electron chi connectivity index (χ4n) is 2.85. The Balaban J connectivity index is 1.81. The summed E-state index contributed by atoms with van der Waals surface area (Å²) >= 11 is 1.32. The molecule has 0 spiro atoms.